The Labute approximate surface area is 97.4 Å². The van der Waals surface area contributed by atoms with E-state index in [1.165, 1.54) is 5.48 Å². The summed E-state index contributed by atoms with van der Waals surface area (Å²) in [5.41, 5.74) is 6.09. The Hall–Kier alpha value is -2.12. The predicted molar refractivity (Wildman–Crippen MR) is 58.3 cm³/mol. The molecule has 0 saturated heterocycles. The molecule has 1 amide bonds. The number of nitrogens with two attached hydrogens (primary N) is 1. The molecule has 0 aliphatic rings. The van der Waals surface area contributed by atoms with Crippen molar-refractivity contribution in [1.29, 1.82) is 0 Å². The summed E-state index contributed by atoms with van der Waals surface area (Å²) in [6.45, 7) is 0. The Morgan fingerprint density at radius 2 is 1.82 bits per heavy atom. The predicted octanol–water partition coefficient (Wildman–Crippen LogP) is -0.314. The van der Waals surface area contributed by atoms with Gasteiger partial charge in [0.2, 0.25) is 5.91 Å². The van der Waals surface area contributed by atoms with E-state index in [1.807, 2.05) is 6.07 Å². The van der Waals surface area contributed by atoms with Crippen molar-refractivity contribution < 1.29 is 25.0 Å². The number of phenols is 1. The Bertz CT molecular complexity index is 355. The number of nitrogens with one attached hydrogen (secondary N) is 1. The number of amides is 1. The van der Waals surface area contributed by atoms with Crippen molar-refractivity contribution in [3.8, 4) is 5.75 Å². The standard InChI is InChI=1S/C6H6O.C4H8N2O4/c7-6-4-2-1-3-5-6;5-3(7)1-2(6-10)4(8)9/h1-5,7H;2,6,10H,1H2,(H2,5,7)(H,8,9). The zero-order valence-corrected chi connectivity index (χ0v) is 8.91. The van der Waals surface area contributed by atoms with E-state index in [1.54, 1.807) is 24.3 Å². The molecule has 1 rings (SSSR count). The second kappa shape index (κ2) is 8.08. The lowest BCUT2D eigenvalue weighted by atomic mass is 10.2. The van der Waals surface area contributed by atoms with Crippen molar-refractivity contribution in [3.05, 3.63) is 30.3 Å². The number of carboxylic acid groups (broad SMARTS) is 1. The van der Waals surface area contributed by atoms with Crippen molar-refractivity contribution in [2.45, 2.75) is 12.5 Å². The van der Waals surface area contributed by atoms with Crippen LogP contribution in [-0.2, 0) is 9.59 Å². The maximum absolute atomic E-state index is 10.1. The summed E-state index contributed by atoms with van der Waals surface area (Å²) in [5, 5.41) is 24.9. The summed E-state index contributed by atoms with van der Waals surface area (Å²) in [4.78, 5) is 20.1. The molecule has 0 aliphatic heterocycles. The highest BCUT2D eigenvalue weighted by atomic mass is 16.5. The van der Waals surface area contributed by atoms with Crippen LogP contribution < -0.4 is 11.2 Å². The minimum Gasteiger partial charge on any atom is -0.508 e. The number of primary amides is 1. The van der Waals surface area contributed by atoms with E-state index >= 15 is 0 Å². The molecule has 0 bridgehead atoms. The normalized spacial score (nSPS) is 10.9. The van der Waals surface area contributed by atoms with E-state index in [2.05, 4.69) is 5.73 Å². The van der Waals surface area contributed by atoms with Gasteiger partial charge in [0.05, 0.1) is 6.42 Å². The van der Waals surface area contributed by atoms with Gasteiger partial charge in [0, 0.05) is 0 Å². The molecule has 1 unspecified atom stereocenters. The first-order valence-electron chi connectivity index (χ1n) is 4.62. The van der Waals surface area contributed by atoms with Gasteiger partial charge in [0.1, 0.15) is 11.8 Å². The third-order valence-electron chi connectivity index (χ3n) is 1.62. The molecule has 0 heterocycles. The van der Waals surface area contributed by atoms with Gasteiger partial charge < -0.3 is 21.2 Å². The molecule has 6 N–H and O–H groups in total. The van der Waals surface area contributed by atoms with Crippen LogP contribution >= 0.6 is 0 Å². The first kappa shape index (κ1) is 14.9. The fraction of sp³-hybridized carbons (Fsp3) is 0.200. The van der Waals surface area contributed by atoms with Crippen molar-refractivity contribution in [3.63, 3.8) is 0 Å². The van der Waals surface area contributed by atoms with Crippen molar-refractivity contribution >= 4 is 11.9 Å². The highest BCUT2D eigenvalue weighted by Gasteiger charge is 2.17. The van der Waals surface area contributed by atoms with Gasteiger partial charge in [-0.25, -0.2) is 0 Å². The second-order valence-corrected chi connectivity index (χ2v) is 3.03. The van der Waals surface area contributed by atoms with Crippen LogP contribution in [-0.4, -0.2) is 33.3 Å². The van der Waals surface area contributed by atoms with Gasteiger partial charge in [-0.3, -0.25) is 9.59 Å². The van der Waals surface area contributed by atoms with Crippen LogP contribution in [0.2, 0.25) is 0 Å². The lowest BCUT2D eigenvalue weighted by Gasteiger charge is -2.05. The number of hydrogen-bond acceptors (Lipinski definition) is 5. The van der Waals surface area contributed by atoms with E-state index in [4.69, 9.17) is 15.4 Å². The summed E-state index contributed by atoms with van der Waals surface area (Å²) < 4.78 is 0. The fourth-order valence-corrected chi connectivity index (χ4v) is 0.817. The van der Waals surface area contributed by atoms with Crippen LogP contribution in [0.5, 0.6) is 5.75 Å². The van der Waals surface area contributed by atoms with E-state index in [0.29, 0.717) is 5.75 Å². The highest BCUT2D eigenvalue weighted by molar-refractivity contribution is 5.83. The van der Waals surface area contributed by atoms with Crippen molar-refractivity contribution in [2.75, 3.05) is 0 Å². The lowest BCUT2D eigenvalue weighted by Crippen LogP contribution is -2.37. The van der Waals surface area contributed by atoms with Gasteiger partial charge >= 0.3 is 5.97 Å². The Kier molecular flexibility index (Phi) is 7.07. The summed E-state index contributed by atoms with van der Waals surface area (Å²) in [6.07, 6.45) is -0.425. The van der Waals surface area contributed by atoms with Gasteiger partial charge in [0.25, 0.3) is 0 Å². The number of para-hydroxylation sites is 1. The summed E-state index contributed by atoms with van der Waals surface area (Å²) in [7, 11) is 0. The number of hydrogen-bond donors (Lipinski definition) is 5. The topological polar surface area (TPSA) is 133 Å². The largest absolute Gasteiger partial charge is 0.508 e. The number of carboxylic acids is 1. The average Bonchev–Trinajstić information content (AvgIpc) is 2.27. The minimum atomic E-state index is -1.32. The first-order chi connectivity index (χ1) is 7.97. The lowest BCUT2D eigenvalue weighted by molar-refractivity contribution is -0.144. The summed E-state index contributed by atoms with van der Waals surface area (Å²) in [5.74, 6) is -1.78. The number of hydroxylamine groups is 1. The number of rotatable bonds is 4. The quantitative estimate of drug-likeness (QED) is 0.460. The van der Waals surface area contributed by atoms with E-state index in [9.17, 15) is 9.59 Å². The van der Waals surface area contributed by atoms with Crippen molar-refractivity contribution in [2.24, 2.45) is 5.73 Å². The Morgan fingerprint density at radius 3 is 2.00 bits per heavy atom. The number of phenolic OH excluding ortho intramolecular Hbond substituents is 1. The maximum atomic E-state index is 10.1. The van der Waals surface area contributed by atoms with Crippen LogP contribution in [0.3, 0.4) is 0 Å². The molecule has 0 aromatic heterocycles. The average molecular weight is 242 g/mol. The fourth-order valence-electron chi connectivity index (χ4n) is 0.817. The molecule has 0 fully saturated rings. The van der Waals surface area contributed by atoms with Crippen LogP contribution in [0.4, 0.5) is 0 Å². The molecular weight excluding hydrogens is 228 g/mol. The molecule has 17 heavy (non-hydrogen) atoms. The van der Waals surface area contributed by atoms with Gasteiger partial charge in [-0.15, -0.1) is 0 Å². The summed E-state index contributed by atoms with van der Waals surface area (Å²) >= 11 is 0. The molecule has 0 radical (unpaired) electrons. The number of aliphatic carboxylic acids is 1. The third-order valence-corrected chi connectivity index (χ3v) is 1.62. The van der Waals surface area contributed by atoms with E-state index in [-0.39, 0.29) is 0 Å². The zero-order chi connectivity index (χ0) is 13.3. The van der Waals surface area contributed by atoms with Gasteiger partial charge in [-0.1, -0.05) is 18.2 Å². The van der Waals surface area contributed by atoms with Gasteiger partial charge in [-0.2, -0.15) is 5.48 Å². The Morgan fingerprint density at radius 1 is 1.29 bits per heavy atom. The smallest absolute Gasteiger partial charge is 0.323 e. The van der Waals surface area contributed by atoms with Crippen LogP contribution in [0.1, 0.15) is 6.42 Å². The molecule has 0 saturated carbocycles. The molecule has 1 aromatic carbocycles. The highest BCUT2D eigenvalue weighted by Crippen LogP contribution is 2.02. The molecule has 0 aliphatic carbocycles. The molecule has 7 nitrogen and oxygen atoms in total. The van der Waals surface area contributed by atoms with Crippen molar-refractivity contribution in [1.82, 2.24) is 5.48 Å². The zero-order valence-electron chi connectivity index (χ0n) is 8.91. The van der Waals surface area contributed by atoms with E-state index in [0.717, 1.165) is 0 Å². The van der Waals surface area contributed by atoms with Gasteiger partial charge in [-0.05, 0) is 12.1 Å². The number of carbonyl (C=O) groups is 2. The molecular formula is C10H14N2O5. The minimum absolute atomic E-state index is 0.322. The maximum Gasteiger partial charge on any atom is 0.323 e. The third kappa shape index (κ3) is 7.77. The number of carbonyl (C=O) groups excluding carboxylic acids is 1. The molecule has 94 valence electrons. The number of aromatic hydroxyl groups is 1. The second-order valence-electron chi connectivity index (χ2n) is 3.03. The monoisotopic (exact) mass is 242 g/mol. The van der Waals surface area contributed by atoms with Crippen LogP contribution in [0.15, 0.2) is 30.3 Å². The number of benzene rings is 1. The summed E-state index contributed by atoms with van der Waals surface area (Å²) in [6, 6.07) is 7.40. The molecule has 0 spiro atoms. The van der Waals surface area contributed by atoms with E-state index < -0.39 is 24.3 Å². The molecule has 7 heteroatoms. The molecule has 1 atom stereocenters. The van der Waals surface area contributed by atoms with Gasteiger partial charge in [0.15, 0.2) is 0 Å². The SMILES string of the molecule is NC(=O)CC(NO)C(=O)O.Oc1ccccc1. The van der Waals surface area contributed by atoms with Crippen LogP contribution in [0.25, 0.3) is 0 Å². The molecule has 1 aromatic rings. The van der Waals surface area contributed by atoms with Crippen LogP contribution in [0, 0.1) is 0 Å². The Balaban J connectivity index is 0.000000318. The first-order valence-corrected chi connectivity index (χ1v) is 4.62.